The van der Waals surface area contributed by atoms with E-state index < -0.39 is 24.1 Å². The van der Waals surface area contributed by atoms with Crippen molar-refractivity contribution in [1.82, 2.24) is 24.5 Å². The topological polar surface area (TPSA) is 72.3 Å². The fraction of sp³-hybridized carbons (Fsp3) is 0.300. The monoisotopic (exact) mass is 560 g/mol. The highest BCUT2D eigenvalue weighted by Gasteiger charge is 2.57. The molecule has 0 unspecified atom stereocenters. The molecule has 0 spiro atoms. The van der Waals surface area contributed by atoms with Crippen molar-refractivity contribution in [2.75, 3.05) is 0 Å². The van der Waals surface area contributed by atoms with E-state index >= 15 is 0 Å². The van der Waals surface area contributed by atoms with Crippen LogP contribution in [0.15, 0.2) is 36.7 Å². The van der Waals surface area contributed by atoms with Crippen LogP contribution in [0.5, 0.6) is 0 Å². The predicted molar refractivity (Wildman–Crippen MR) is 115 cm³/mol. The Balaban J connectivity index is 1.75. The third-order valence-electron chi connectivity index (χ3n) is 5.11. The van der Waals surface area contributed by atoms with Crippen LogP contribution in [0.25, 0.3) is 27.6 Å². The summed E-state index contributed by atoms with van der Waals surface area (Å²) in [6.07, 6.45) is -3.28. The first-order chi connectivity index (χ1) is 14.8. The number of hydrogen-bond donors (Lipinski definition) is 0. The van der Waals surface area contributed by atoms with Crippen LogP contribution in [0.1, 0.15) is 19.4 Å². The summed E-state index contributed by atoms with van der Waals surface area (Å²) in [5.41, 5.74) is 0.834. The molecule has 3 heterocycles. The third-order valence-corrected chi connectivity index (χ3v) is 6.15. The van der Waals surface area contributed by atoms with Crippen molar-refractivity contribution in [3.63, 3.8) is 0 Å². The Morgan fingerprint density at radius 1 is 1.09 bits per heavy atom. The van der Waals surface area contributed by atoms with Gasteiger partial charge < -0.3 is 0 Å². The summed E-state index contributed by atoms with van der Waals surface area (Å²) in [5.74, 6) is -4.57. The second-order valence-electron chi connectivity index (χ2n) is 7.78. The minimum atomic E-state index is -5.68. The lowest BCUT2D eigenvalue weighted by Gasteiger charge is -2.19. The minimum Gasteiger partial charge on any atom is -0.257 e. The molecule has 166 valence electrons. The zero-order valence-corrected chi connectivity index (χ0v) is 18.8. The first-order valence-electron chi connectivity index (χ1n) is 9.20. The van der Waals surface area contributed by atoms with Crippen molar-refractivity contribution >= 4 is 44.4 Å². The van der Waals surface area contributed by atoms with Crippen LogP contribution in [-0.2, 0) is 12.0 Å². The lowest BCUT2D eigenvalue weighted by molar-refractivity contribution is -0.287. The van der Waals surface area contributed by atoms with Crippen molar-refractivity contribution in [3.05, 3.63) is 45.9 Å². The molecule has 32 heavy (non-hydrogen) atoms. The second kappa shape index (κ2) is 7.36. The van der Waals surface area contributed by atoms with E-state index in [2.05, 4.69) is 43.8 Å². The molecule has 0 fully saturated rings. The van der Waals surface area contributed by atoms with Crippen LogP contribution < -0.4 is 0 Å². The van der Waals surface area contributed by atoms with E-state index in [0.717, 1.165) is 10.9 Å². The Morgan fingerprint density at radius 2 is 1.81 bits per heavy atom. The molecule has 1 aromatic carbocycles. The van der Waals surface area contributed by atoms with Crippen molar-refractivity contribution in [2.24, 2.45) is 0 Å². The van der Waals surface area contributed by atoms with E-state index in [9.17, 15) is 27.2 Å². The molecule has 0 amide bonds. The van der Waals surface area contributed by atoms with E-state index in [1.807, 2.05) is 12.1 Å². The highest BCUT2D eigenvalue weighted by Crippen LogP contribution is 2.37. The van der Waals surface area contributed by atoms with Crippen molar-refractivity contribution < 1.29 is 22.0 Å². The first kappa shape index (κ1) is 22.4. The zero-order valence-electron chi connectivity index (χ0n) is 16.6. The largest absolute Gasteiger partial charge is 0.455 e. The molecular formula is C20H14F5IN6. The molecule has 0 atom stereocenters. The smallest absolute Gasteiger partial charge is 0.257 e. The summed E-state index contributed by atoms with van der Waals surface area (Å²) in [4.78, 5) is 4.20. The lowest BCUT2D eigenvalue weighted by atomic mass is 9.86. The van der Waals surface area contributed by atoms with Crippen LogP contribution in [0.4, 0.5) is 22.0 Å². The van der Waals surface area contributed by atoms with Gasteiger partial charge in [-0.3, -0.25) is 4.68 Å². The van der Waals surface area contributed by atoms with Crippen LogP contribution in [0.2, 0.25) is 0 Å². The molecule has 0 aliphatic rings. The Morgan fingerprint density at radius 3 is 2.47 bits per heavy atom. The van der Waals surface area contributed by atoms with Gasteiger partial charge in [-0.1, -0.05) is 6.07 Å². The van der Waals surface area contributed by atoms with E-state index in [1.165, 1.54) is 23.1 Å². The summed E-state index contributed by atoms with van der Waals surface area (Å²) >= 11 is 2.08. The normalized spacial score (nSPS) is 13.1. The number of benzene rings is 1. The average Bonchev–Trinajstić information content (AvgIpc) is 3.27. The van der Waals surface area contributed by atoms with E-state index in [1.54, 1.807) is 19.9 Å². The van der Waals surface area contributed by atoms with Crippen molar-refractivity contribution in [2.45, 2.75) is 37.9 Å². The van der Waals surface area contributed by atoms with Crippen LogP contribution in [-0.4, -0.2) is 36.6 Å². The van der Waals surface area contributed by atoms with Crippen LogP contribution in [0, 0.1) is 15.0 Å². The second-order valence-corrected chi connectivity index (χ2v) is 8.80. The Labute approximate surface area is 191 Å². The molecule has 0 aliphatic carbocycles. The fourth-order valence-corrected chi connectivity index (χ4v) is 3.93. The lowest BCUT2D eigenvalue weighted by Crippen LogP contribution is -2.40. The molecule has 0 bridgehead atoms. The highest BCUT2D eigenvalue weighted by atomic mass is 127. The molecule has 0 N–H and O–H groups in total. The maximum atomic E-state index is 13.4. The van der Waals surface area contributed by atoms with Gasteiger partial charge in [0.15, 0.2) is 5.82 Å². The van der Waals surface area contributed by atoms with Crippen LogP contribution in [0.3, 0.4) is 0 Å². The summed E-state index contributed by atoms with van der Waals surface area (Å²) in [5, 5.41) is 18.7. The van der Waals surface area contributed by atoms with E-state index in [-0.39, 0.29) is 5.52 Å². The SMILES string of the molecule is CC(C)(C#N)c1ccc2nn(-c3cc4cnn(CC(F)(F)C(F)(F)F)c4cn3)c(I)c2c1. The van der Waals surface area contributed by atoms with Gasteiger partial charge in [0.2, 0.25) is 0 Å². The Bertz CT molecular complexity index is 1380. The fourth-order valence-electron chi connectivity index (χ4n) is 3.14. The number of aromatic nitrogens is 5. The van der Waals surface area contributed by atoms with Gasteiger partial charge in [0.1, 0.15) is 10.2 Å². The van der Waals surface area contributed by atoms with Gasteiger partial charge in [-0.2, -0.15) is 37.4 Å². The zero-order chi connectivity index (χ0) is 23.5. The van der Waals surface area contributed by atoms with Crippen molar-refractivity contribution in [1.29, 1.82) is 5.26 Å². The number of fused-ring (bicyclic) bond motifs is 2. The maximum Gasteiger partial charge on any atom is 0.455 e. The number of pyridine rings is 1. The first-order valence-corrected chi connectivity index (χ1v) is 10.3. The molecule has 6 nitrogen and oxygen atoms in total. The number of rotatable bonds is 4. The molecule has 0 saturated heterocycles. The minimum absolute atomic E-state index is 0.0439. The number of nitrogens with zero attached hydrogens (tertiary/aromatic N) is 6. The van der Waals surface area contributed by atoms with E-state index in [4.69, 9.17) is 0 Å². The summed E-state index contributed by atoms with van der Waals surface area (Å²) < 4.78 is 67.3. The third kappa shape index (κ3) is 3.68. The molecule has 4 rings (SSSR count). The number of nitriles is 1. The predicted octanol–water partition coefficient (Wildman–Crippen LogP) is 5.37. The molecule has 4 aromatic rings. The molecule has 0 aliphatic heterocycles. The van der Waals surface area contributed by atoms with Gasteiger partial charge >= 0.3 is 12.1 Å². The van der Waals surface area contributed by atoms with Gasteiger partial charge in [0.25, 0.3) is 0 Å². The molecule has 0 saturated carbocycles. The Kier molecular flexibility index (Phi) is 5.15. The maximum absolute atomic E-state index is 13.4. The van der Waals surface area contributed by atoms with Gasteiger partial charge in [-0.15, -0.1) is 0 Å². The van der Waals surface area contributed by atoms with Crippen molar-refractivity contribution in [3.8, 4) is 11.9 Å². The van der Waals surface area contributed by atoms with Crippen LogP contribution >= 0.6 is 22.6 Å². The molecule has 3 aromatic heterocycles. The number of alkyl halides is 5. The highest BCUT2D eigenvalue weighted by molar-refractivity contribution is 14.1. The quantitative estimate of drug-likeness (QED) is 0.249. The van der Waals surface area contributed by atoms with E-state index in [0.29, 0.717) is 25.1 Å². The average molecular weight is 560 g/mol. The number of halogens is 6. The number of hydrogen-bond acceptors (Lipinski definition) is 4. The van der Waals surface area contributed by atoms with Gasteiger partial charge in [-0.05, 0) is 60.2 Å². The molecule has 0 radical (unpaired) electrons. The Hall–Kier alpha value is -2.82. The van der Waals surface area contributed by atoms with Gasteiger partial charge in [-0.25, -0.2) is 9.67 Å². The molecular weight excluding hydrogens is 546 g/mol. The molecule has 12 heteroatoms. The van der Waals surface area contributed by atoms with Gasteiger partial charge in [0.05, 0.1) is 34.9 Å². The summed E-state index contributed by atoms with van der Waals surface area (Å²) in [6.45, 7) is 1.98. The van der Waals surface area contributed by atoms with Gasteiger partial charge in [0, 0.05) is 10.8 Å². The standard InChI is InChI=1S/C20H14F5IN6/c1-18(2,9-27)12-3-4-14-13(6-12)17(26)32(30-14)16-5-11-7-29-31(15(11)8-28-16)10-19(21,22)20(23,24)25/h3-8H,10H2,1-2H3. The summed E-state index contributed by atoms with van der Waals surface area (Å²) in [7, 11) is 0. The summed E-state index contributed by atoms with van der Waals surface area (Å²) in [6, 6.07) is 9.25.